The summed E-state index contributed by atoms with van der Waals surface area (Å²) in [5.41, 5.74) is -0.421. The maximum Gasteiger partial charge on any atom is 0.279 e. The molecule has 0 spiro atoms. The fourth-order valence-electron chi connectivity index (χ4n) is 1.72. The minimum Gasteiger partial charge on any atom is -0.337 e. The van der Waals surface area contributed by atoms with Gasteiger partial charge in [-0.3, -0.25) is 9.59 Å². The first-order valence-corrected chi connectivity index (χ1v) is 6.41. The Kier molecular flexibility index (Phi) is 3.63. The molecule has 0 aliphatic carbocycles. The Balaban J connectivity index is 2.30. The zero-order valence-corrected chi connectivity index (χ0v) is 12.6. The molecule has 2 aromatic rings. The number of hydrogen-bond donors (Lipinski definition) is 2. The molecule has 0 saturated heterocycles. The van der Waals surface area contributed by atoms with E-state index in [2.05, 4.69) is 25.4 Å². The van der Waals surface area contributed by atoms with Crippen molar-refractivity contribution in [1.29, 1.82) is 0 Å². The van der Waals surface area contributed by atoms with E-state index in [9.17, 15) is 9.59 Å². The van der Waals surface area contributed by atoms with Gasteiger partial charge in [-0.05, 0) is 34.6 Å². The van der Waals surface area contributed by atoms with E-state index >= 15 is 0 Å². The summed E-state index contributed by atoms with van der Waals surface area (Å²) in [5.74, 6) is 0.128. The third kappa shape index (κ3) is 2.99. The number of carbonyl (C=O) groups is 1. The second-order valence-corrected chi connectivity index (χ2v) is 5.35. The topological polar surface area (TPSA) is 114 Å². The molecule has 0 aromatic carbocycles. The average molecular weight is 291 g/mol. The summed E-state index contributed by atoms with van der Waals surface area (Å²) >= 11 is 0. The number of hydrogen-bond acceptors (Lipinski definition) is 6. The highest BCUT2D eigenvalue weighted by molar-refractivity contribution is 5.92. The van der Waals surface area contributed by atoms with Crippen molar-refractivity contribution >= 4 is 5.91 Å². The van der Waals surface area contributed by atoms with Crippen molar-refractivity contribution in [2.24, 2.45) is 0 Å². The minimum absolute atomic E-state index is 0.192. The SMILES string of the molecule is Cc1noc(C(C)(C)NC(=O)c2nc(C)c(C)[nH]c2=O)n1. The summed E-state index contributed by atoms with van der Waals surface area (Å²) in [6.07, 6.45) is 0. The number of amides is 1. The van der Waals surface area contributed by atoms with Crippen LogP contribution >= 0.6 is 0 Å². The van der Waals surface area contributed by atoms with Gasteiger partial charge in [-0.25, -0.2) is 4.98 Å². The van der Waals surface area contributed by atoms with Crippen molar-refractivity contribution in [3.05, 3.63) is 39.2 Å². The Hall–Kier alpha value is -2.51. The largest absolute Gasteiger partial charge is 0.337 e. The molecular formula is C13H17N5O3. The second-order valence-electron chi connectivity index (χ2n) is 5.35. The van der Waals surface area contributed by atoms with Crippen molar-refractivity contribution in [1.82, 2.24) is 25.4 Å². The van der Waals surface area contributed by atoms with Crippen LogP contribution in [0.4, 0.5) is 0 Å². The number of rotatable bonds is 3. The van der Waals surface area contributed by atoms with Gasteiger partial charge < -0.3 is 14.8 Å². The van der Waals surface area contributed by atoms with E-state index in [4.69, 9.17) is 4.52 Å². The van der Waals surface area contributed by atoms with E-state index in [0.29, 0.717) is 17.2 Å². The van der Waals surface area contributed by atoms with Crippen LogP contribution in [0.2, 0.25) is 0 Å². The Bertz CT molecular complexity index is 745. The summed E-state index contributed by atoms with van der Waals surface area (Å²) in [5, 5.41) is 6.36. The lowest BCUT2D eigenvalue weighted by Gasteiger charge is -2.21. The molecule has 0 bridgehead atoms. The molecule has 2 N–H and O–H groups in total. The molecule has 112 valence electrons. The zero-order chi connectivity index (χ0) is 15.8. The Labute approximate surface area is 121 Å². The molecule has 0 atom stereocenters. The molecule has 0 radical (unpaired) electrons. The Morgan fingerprint density at radius 2 is 1.90 bits per heavy atom. The van der Waals surface area contributed by atoms with Gasteiger partial charge in [0.05, 0.1) is 5.69 Å². The van der Waals surface area contributed by atoms with Gasteiger partial charge in [0.15, 0.2) is 11.5 Å². The highest BCUT2D eigenvalue weighted by atomic mass is 16.5. The molecule has 0 aliphatic rings. The molecule has 8 nitrogen and oxygen atoms in total. The number of aryl methyl sites for hydroxylation is 3. The van der Waals surface area contributed by atoms with Gasteiger partial charge in [0.1, 0.15) is 5.54 Å². The number of nitrogens with zero attached hydrogens (tertiary/aromatic N) is 3. The van der Waals surface area contributed by atoms with Gasteiger partial charge in [-0.1, -0.05) is 5.16 Å². The number of nitrogens with one attached hydrogen (secondary N) is 2. The number of H-pyrrole nitrogens is 1. The quantitative estimate of drug-likeness (QED) is 0.862. The lowest BCUT2D eigenvalue weighted by molar-refractivity contribution is 0.0887. The highest BCUT2D eigenvalue weighted by Gasteiger charge is 2.30. The maximum atomic E-state index is 12.2. The van der Waals surface area contributed by atoms with Crippen molar-refractivity contribution in [3.8, 4) is 0 Å². The average Bonchev–Trinajstić information content (AvgIpc) is 2.80. The molecule has 0 fully saturated rings. The molecule has 8 heteroatoms. The van der Waals surface area contributed by atoms with Crippen LogP contribution in [0.25, 0.3) is 0 Å². The molecule has 0 aliphatic heterocycles. The van der Waals surface area contributed by atoms with Gasteiger partial charge in [0, 0.05) is 5.69 Å². The molecule has 21 heavy (non-hydrogen) atoms. The first-order chi connectivity index (χ1) is 9.70. The van der Waals surface area contributed by atoms with Crippen LogP contribution in [0.3, 0.4) is 0 Å². The van der Waals surface area contributed by atoms with E-state index in [1.54, 1.807) is 34.6 Å². The summed E-state index contributed by atoms with van der Waals surface area (Å²) in [6, 6.07) is 0. The van der Waals surface area contributed by atoms with Crippen LogP contribution in [0.15, 0.2) is 9.32 Å². The molecule has 0 saturated carbocycles. The van der Waals surface area contributed by atoms with E-state index in [0.717, 1.165) is 0 Å². The van der Waals surface area contributed by atoms with E-state index < -0.39 is 17.0 Å². The number of carbonyl (C=O) groups excluding carboxylic acids is 1. The maximum absolute atomic E-state index is 12.2. The fourth-order valence-corrected chi connectivity index (χ4v) is 1.72. The van der Waals surface area contributed by atoms with Crippen LogP contribution in [0.5, 0.6) is 0 Å². The lowest BCUT2D eigenvalue weighted by Crippen LogP contribution is -2.43. The third-order valence-electron chi connectivity index (χ3n) is 3.04. The molecule has 0 unspecified atom stereocenters. The Morgan fingerprint density at radius 3 is 2.48 bits per heavy atom. The van der Waals surface area contributed by atoms with Gasteiger partial charge in [0.2, 0.25) is 0 Å². The normalized spacial score (nSPS) is 11.5. The molecule has 1 amide bonds. The van der Waals surface area contributed by atoms with Gasteiger partial charge in [0.25, 0.3) is 17.4 Å². The smallest absolute Gasteiger partial charge is 0.279 e. The summed E-state index contributed by atoms with van der Waals surface area (Å²) in [4.78, 5) is 34.8. The van der Waals surface area contributed by atoms with E-state index in [-0.39, 0.29) is 11.6 Å². The highest BCUT2D eigenvalue weighted by Crippen LogP contribution is 2.18. The van der Waals surface area contributed by atoms with E-state index in [1.165, 1.54) is 0 Å². The standard InChI is InChI=1S/C13H17N5O3/c1-6-7(2)15-10(19)9(14-6)11(20)17-13(4,5)12-16-8(3)18-21-12/h1-5H3,(H,15,19)(H,17,20). The van der Waals surface area contributed by atoms with Crippen molar-refractivity contribution in [2.75, 3.05) is 0 Å². The minimum atomic E-state index is -0.911. The first kappa shape index (κ1) is 14.9. The molecule has 2 heterocycles. The van der Waals surface area contributed by atoms with Crippen LogP contribution in [0.1, 0.15) is 47.4 Å². The predicted molar refractivity (Wildman–Crippen MR) is 73.9 cm³/mol. The van der Waals surface area contributed by atoms with Crippen LogP contribution in [0, 0.1) is 20.8 Å². The van der Waals surface area contributed by atoms with E-state index in [1.807, 2.05) is 0 Å². The Morgan fingerprint density at radius 1 is 1.24 bits per heavy atom. The lowest BCUT2D eigenvalue weighted by atomic mass is 10.1. The van der Waals surface area contributed by atoms with Gasteiger partial charge in [-0.2, -0.15) is 4.98 Å². The monoisotopic (exact) mass is 291 g/mol. The summed E-state index contributed by atoms with van der Waals surface area (Å²) < 4.78 is 5.06. The van der Waals surface area contributed by atoms with Crippen LogP contribution < -0.4 is 10.9 Å². The molecule has 2 aromatic heterocycles. The third-order valence-corrected chi connectivity index (χ3v) is 3.04. The van der Waals surface area contributed by atoms with Crippen LogP contribution in [-0.2, 0) is 5.54 Å². The van der Waals surface area contributed by atoms with Crippen LogP contribution in [-0.4, -0.2) is 26.0 Å². The molecular weight excluding hydrogens is 274 g/mol. The zero-order valence-electron chi connectivity index (χ0n) is 12.6. The van der Waals surface area contributed by atoms with Gasteiger partial charge in [-0.15, -0.1) is 0 Å². The number of aromatic amines is 1. The predicted octanol–water partition coefficient (Wildman–Crippen LogP) is 0.743. The summed E-state index contributed by atoms with van der Waals surface area (Å²) in [6.45, 7) is 8.52. The first-order valence-electron chi connectivity index (χ1n) is 6.41. The molecule has 2 rings (SSSR count). The number of aromatic nitrogens is 4. The van der Waals surface area contributed by atoms with Crippen molar-refractivity contribution in [3.63, 3.8) is 0 Å². The van der Waals surface area contributed by atoms with Gasteiger partial charge >= 0.3 is 0 Å². The van der Waals surface area contributed by atoms with Crippen molar-refractivity contribution < 1.29 is 9.32 Å². The summed E-state index contributed by atoms with van der Waals surface area (Å²) in [7, 11) is 0. The fraction of sp³-hybridized carbons (Fsp3) is 0.462. The second kappa shape index (κ2) is 5.12. The van der Waals surface area contributed by atoms with Crippen molar-refractivity contribution in [2.45, 2.75) is 40.2 Å².